The zero-order valence-electron chi connectivity index (χ0n) is 17.6. The van der Waals surface area contributed by atoms with Crippen molar-refractivity contribution < 1.29 is 9.59 Å². The molecule has 0 bridgehead atoms. The van der Waals surface area contributed by atoms with Crippen LogP contribution in [0.3, 0.4) is 0 Å². The molecule has 156 valence electrons. The van der Waals surface area contributed by atoms with E-state index in [1.54, 1.807) is 16.9 Å². The molecule has 2 saturated carbocycles. The van der Waals surface area contributed by atoms with E-state index in [2.05, 4.69) is 29.6 Å². The molecule has 1 heterocycles. The molecule has 1 aromatic heterocycles. The van der Waals surface area contributed by atoms with Crippen molar-refractivity contribution in [2.45, 2.75) is 96.7 Å². The number of hydrogen-bond acceptors (Lipinski definition) is 3. The fourth-order valence-corrected chi connectivity index (χ4v) is 4.71. The molecule has 2 fully saturated rings. The summed E-state index contributed by atoms with van der Waals surface area (Å²) in [5.74, 6) is 0.906. The number of nitrogens with one attached hydrogen (secondary N) is 2. The van der Waals surface area contributed by atoms with Crippen molar-refractivity contribution in [3.63, 3.8) is 0 Å². The number of nitrogens with zero attached hydrogens (tertiary/aromatic N) is 2. The van der Waals surface area contributed by atoms with Crippen molar-refractivity contribution in [2.75, 3.05) is 0 Å². The molecule has 6 nitrogen and oxygen atoms in total. The second-order valence-electron chi connectivity index (χ2n) is 8.82. The summed E-state index contributed by atoms with van der Waals surface area (Å²) in [4.78, 5) is 25.5. The molecule has 2 amide bonds. The van der Waals surface area contributed by atoms with Crippen LogP contribution in [0.15, 0.2) is 12.3 Å². The topological polar surface area (TPSA) is 76.0 Å². The minimum atomic E-state index is -0.371. The molecule has 2 N–H and O–H groups in total. The fraction of sp³-hybridized carbons (Fsp3) is 0.773. The summed E-state index contributed by atoms with van der Waals surface area (Å²) in [6.07, 6.45) is 11.7. The summed E-state index contributed by atoms with van der Waals surface area (Å²) in [5, 5.41) is 10.8. The molecule has 6 heteroatoms. The van der Waals surface area contributed by atoms with Crippen LogP contribution in [0, 0.1) is 11.8 Å². The predicted octanol–water partition coefficient (Wildman–Crippen LogP) is 3.84. The van der Waals surface area contributed by atoms with E-state index in [1.165, 1.54) is 32.1 Å². The van der Waals surface area contributed by atoms with Gasteiger partial charge in [0.05, 0.1) is 0 Å². The van der Waals surface area contributed by atoms with Crippen LogP contribution in [0.5, 0.6) is 0 Å². The summed E-state index contributed by atoms with van der Waals surface area (Å²) in [7, 11) is 0. The normalized spacial score (nSPS) is 29.1. The highest BCUT2D eigenvalue weighted by Crippen LogP contribution is 2.25. The number of aromatic nitrogens is 2. The van der Waals surface area contributed by atoms with E-state index in [1.807, 2.05) is 6.92 Å². The number of hydrogen-bond donors (Lipinski definition) is 2. The van der Waals surface area contributed by atoms with Crippen LogP contribution in [0.1, 0.15) is 95.1 Å². The first-order valence-corrected chi connectivity index (χ1v) is 11.2. The Hall–Kier alpha value is -1.85. The van der Waals surface area contributed by atoms with Crippen LogP contribution >= 0.6 is 0 Å². The standard InChI is InChI=1S/C22H36N4O2/c1-4-20(22(28)24-18-12-8-6-10-16(18)3)26-14-13-19(25-26)21(27)23-17-11-7-5-9-15(17)2/h13-18,20H,4-12H2,1-3H3,(H,23,27)(H,24,28)/t15-,16+,17-,18-,20-/m1/s1. The Bertz CT molecular complexity index is 671. The Kier molecular flexibility index (Phi) is 7.13. The van der Waals surface area contributed by atoms with Gasteiger partial charge in [0.25, 0.3) is 5.91 Å². The SMILES string of the molecule is CC[C@H](C(=O)N[C@@H]1CCCC[C@@H]1C)n1ccc(C(=O)N[C@@H]2CCCC[C@H]2C)n1. The van der Waals surface area contributed by atoms with Gasteiger partial charge in [-0.05, 0) is 50.0 Å². The van der Waals surface area contributed by atoms with E-state index in [-0.39, 0.29) is 29.9 Å². The molecular weight excluding hydrogens is 352 g/mol. The Morgan fingerprint density at radius 3 is 2.18 bits per heavy atom. The lowest BCUT2D eigenvalue weighted by molar-refractivity contribution is -0.126. The second-order valence-corrected chi connectivity index (χ2v) is 8.82. The third-order valence-electron chi connectivity index (χ3n) is 6.72. The van der Waals surface area contributed by atoms with Gasteiger partial charge in [0.15, 0.2) is 0 Å². The number of rotatable bonds is 6. The molecule has 5 atom stereocenters. The summed E-state index contributed by atoms with van der Waals surface area (Å²) < 4.78 is 1.65. The van der Waals surface area contributed by atoms with Crippen LogP contribution < -0.4 is 10.6 Å². The minimum absolute atomic E-state index is 0.0113. The lowest BCUT2D eigenvalue weighted by atomic mass is 9.86. The van der Waals surface area contributed by atoms with Crippen molar-refractivity contribution in [1.82, 2.24) is 20.4 Å². The molecule has 28 heavy (non-hydrogen) atoms. The van der Waals surface area contributed by atoms with Gasteiger partial charge in [0.2, 0.25) is 5.91 Å². The highest BCUT2D eigenvalue weighted by atomic mass is 16.2. The second kappa shape index (κ2) is 9.57. The van der Waals surface area contributed by atoms with Gasteiger partial charge in [-0.25, -0.2) is 0 Å². The first-order chi connectivity index (χ1) is 13.5. The van der Waals surface area contributed by atoms with Crippen LogP contribution in [0.4, 0.5) is 0 Å². The molecule has 2 aliphatic rings. The molecule has 0 aliphatic heterocycles. The van der Waals surface area contributed by atoms with Gasteiger partial charge < -0.3 is 10.6 Å². The third-order valence-corrected chi connectivity index (χ3v) is 6.72. The maximum Gasteiger partial charge on any atom is 0.272 e. The molecule has 0 saturated heterocycles. The Morgan fingerprint density at radius 2 is 1.61 bits per heavy atom. The van der Waals surface area contributed by atoms with E-state index < -0.39 is 0 Å². The Morgan fingerprint density at radius 1 is 1.04 bits per heavy atom. The van der Waals surface area contributed by atoms with Crippen LogP contribution in [0.25, 0.3) is 0 Å². The van der Waals surface area contributed by atoms with Gasteiger partial charge in [-0.1, -0.05) is 46.5 Å². The molecule has 0 unspecified atom stereocenters. The molecular formula is C22H36N4O2. The Labute approximate surface area is 168 Å². The fourth-order valence-electron chi connectivity index (χ4n) is 4.71. The van der Waals surface area contributed by atoms with Crippen molar-refractivity contribution in [3.05, 3.63) is 18.0 Å². The zero-order valence-corrected chi connectivity index (χ0v) is 17.6. The summed E-state index contributed by atoms with van der Waals surface area (Å²) in [6, 6.07) is 1.83. The first kappa shape index (κ1) is 20.9. The zero-order chi connectivity index (χ0) is 20.1. The summed E-state index contributed by atoms with van der Waals surface area (Å²) in [5.41, 5.74) is 0.398. The molecule has 0 spiro atoms. The van der Waals surface area contributed by atoms with Crippen molar-refractivity contribution in [3.8, 4) is 0 Å². The number of carbonyl (C=O) groups excluding carboxylic acids is 2. The highest BCUT2D eigenvalue weighted by Gasteiger charge is 2.28. The lowest BCUT2D eigenvalue weighted by Gasteiger charge is -2.31. The minimum Gasteiger partial charge on any atom is -0.351 e. The van der Waals surface area contributed by atoms with Crippen molar-refractivity contribution >= 4 is 11.8 Å². The maximum atomic E-state index is 12.9. The van der Waals surface area contributed by atoms with Crippen LogP contribution in [-0.4, -0.2) is 33.7 Å². The van der Waals surface area contributed by atoms with E-state index in [0.717, 1.165) is 19.3 Å². The van der Waals surface area contributed by atoms with Gasteiger partial charge in [-0.15, -0.1) is 0 Å². The van der Waals surface area contributed by atoms with Gasteiger partial charge in [0, 0.05) is 18.3 Å². The first-order valence-electron chi connectivity index (χ1n) is 11.2. The van der Waals surface area contributed by atoms with Gasteiger partial charge in [-0.2, -0.15) is 5.10 Å². The van der Waals surface area contributed by atoms with Crippen molar-refractivity contribution in [2.24, 2.45) is 11.8 Å². The third kappa shape index (κ3) is 4.95. The molecule has 0 aromatic carbocycles. The number of amides is 2. The maximum absolute atomic E-state index is 12.9. The van der Waals surface area contributed by atoms with Gasteiger partial charge in [-0.3, -0.25) is 14.3 Å². The van der Waals surface area contributed by atoms with E-state index in [4.69, 9.17) is 0 Å². The molecule has 1 aromatic rings. The quantitative estimate of drug-likeness (QED) is 0.777. The lowest BCUT2D eigenvalue weighted by Crippen LogP contribution is -2.44. The van der Waals surface area contributed by atoms with E-state index >= 15 is 0 Å². The predicted molar refractivity (Wildman–Crippen MR) is 110 cm³/mol. The highest BCUT2D eigenvalue weighted by molar-refractivity contribution is 5.92. The molecule has 0 radical (unpaired) electrons. The average molecular weight is 389 g/mol. The monoisotopic (exact) mass is 388 g/mol. The molecule has 2 aliphatic carbocycles. The average Bonchev–Trinajstić information content (AvgIpc) is 3.16. The van der Waals surface area contributed by atoms with Crippen molar-refractivity contribution in [1.29, 1.82) is 0 Å². The van der Waals surface area contributed by atoms with Crippen LogP contribution in [-0.2, 0) is 4.79 Å². The summed E-state index contributed by atoms with van der Waals surface area (Å²) in [6.45, 7) is 6.40. The van der Waals surface area contributed by atoms with Gasteiger partial charge >= 0.3 is 0 Å². The largest absolute Gasteiger partial charge is 0.351 e. The van der Waals surface area contributed by atoms with E-state index in [9.17, 15) is 9.59 Å². The Balaban J connectivity index is 1.61. The smallest absolute Gasteiger partial charge is 0.272 e. The van der Waals surface area contributed by atoms with E-state index in [0.29, 0.717) is 24.0 Å². The van der Waals surface area contributed by atoms with Gasteiger partial charge in [0.1, 0.15) is 11.7 Å². The summed E-state index contributed by atoms with van der Waals surface area (Å²) >= 11 is 0. The molecule has 3 rings (SSSR count). The van der Waals surface area contributed by atoms with Crippen LogP contribution in [0.2, 0.25) is 0 Å². The number of carbonyl (C=O) groups is 2.